The molecule has 1 fully saturated rings. The lowest BCUT2D eigenvalue weighted by molar-refractivity contribution is 0.350. The molecule has 1 saturated carbocycles. The lowest BCUT2D eigenvalue weighted by atomic mass is 9.95. The number of rotatable bonds is 5. The Kier molecular flexibility index (Phi) is 4.92. The molecule has 1 aliphatic carbocycles. The molecule has 0 saturated heterocycles. The highest BCUT2D eigenvalue weighted by atomic mass is 32.2. The molecule has 1 aromatic carbocycles. The van der Waals surface area contributed by atoms with Crippen molar-refractivity contribution in [2.24, 2.45) is 0 Å². The Morgan fingerprint density at radius 1 is 1.11 bits per heavy atom. The number of imidazole rings is 1. The van der Waals surface area contributed by atoms with E-state index >= 15 is 0 Å². The van der Waals surface area contributed by atoms with Crippen LogP contribution in [0.4, 0.5) is 4.39 Å². The molecule has 2 aromatic heterocycles. The zero-order valence-electron chi connectivity index (χ0n) is 14.8. The van der Waals surface area contributed by atoms with Crippen LogP contribution in [0.2, 0.25) is 0 Å². The maximum absolute atomic E-state index is 13.9. The lowest BCUT2D eigenvalue weighted by Crippen LogP contribution is -2.27. The van der Waals surface area contributed by atoms with Gasteiger partial charge in [0.15, 0.2) is 5.65 Å². The van der Waals surface area contributed by atoms with Crippen LogP contribution in [0.1, 0.15) is 44.0 Å². The fraction of sp³-hybridized carbons (Fsp3) is 0.368. The first-order chi connectivity index (χ1) is 13.1. The second-order valence-electron chi connectivity index (χ2n) is 6.79. The zero-order valence-corrected chi connectivity index (χ0v) is 15.6. The molecule has 1 aliphatic rings. The number of nitrogens with one attached hydrogen (secondary N) is 1. The predicted molar refractivity (Wildman–Crippen MR) is 100 cm³/mol. The maximum Gasteiger partial charge on any atom is 0.243 e. The van der Waals surface area contributed by atoms with Crippen LogP contribution in [-0.2, 0) is 16.6 Å². The molecular weight excluding hydrogens is 367 g/mol. The summed E-state index contributed by atoms with van der Waals surface area (Å²) in [6, 6.07) is 9.29. The van der Waals surface area contributed by atoms with Crippen molar-refractivity contribution in [1.82, 2.24) is 19.3 Å². The minimum absolute atomic E-state index is 0.0104. The fourth-order valence-corrected chi connectivity index (χ4v) is 4.78. The summed E-state index contributed by atoms with van der Waals surface area (Å²) in [5.74, 6) is -0.164. The zero-order chi connectivity index (χ0) is 18.9. The van der Waals surface area contributed by atoms with E-state index in [1.165, 1.54) is 24.6 Å². The summed E-state index contributed by atoms with van der Waals surface area (Å²) < 4.78 is 43.5. The molecule has 4 rings (SSSR count). The average Bonchev–Trinajstić information content (AvgIpc) is 3.06. The van der Waals surface area contributed by atoms with Gasteiger partial charge in [0.25, 0.3) is 0 Å². The van der Waals surface area contributed by atoms with E-state index in [2.05, 4.69) is 19.3 Å². The van der Waals surface area contributed by atoms with E-state index in [0.29, 0.717) is 5.82 Å². The van der Waals surface area contributed by atoms with E-state index in [4.69, 9.17) is 0 Å². The number of hydrogen-bond acceptors (Lipinski definition) is 4. The lowest BCUT2D eigenvalue weighted by Gasteiger charge is -2.25. The number of fused-ring (bicyclic) bond motifs is 1. The average molecular weight is 388 g/mol. The van der Waals surface area contributed by atoms with E-state index in [1.54, 1.807) is 6.20 Å². The largest absolute Gasteiger partial charge is 0.308 e. The second-order valence-corrected chi connectivity index (χ2v) is 8.53. The maximum atomic E-state index is 13.9. The van der Waals surface area contributed by atoms with E-state index in [0.717, 1.165) is 42.9 Å². The molecule has 0 amide bonds. The van der Waals surface area contributed by atoms with E-state index < -0.39 is 15.8 Å². The van der Waals surface area contributed by atoms with Crippen molar-refractivity contribution in [3.63, 3.8) is 0 Å². The minimum Gasteiger partial charge on any atom is -0.308 e. The van der Waals surface area contributed by atoms with Crippen molar-refractivity contribution in [1.29, 1.82) is 0 Å². The van der Waals surface area contributed by atoms with Crippen LogP contribution < -0.4 is 4.72 Å². The van der Waals surface area contributed by atoms with E-state index in [1.807, 2.05) is 12.1 Å². The van der Waals surface area contributed by atoms with E-state index in [-0.39, 0.29) is 17.5 Å². The van der Waals surface area contributed by atoms with Gasteiger partial charge < -0.3 is 4.57 Å². The second kappa shape index (κ2) is 7.36. The third kappa shape index (κ3) is 3.59. The summed E-state index contributed by atoms with van der Waals surface area (Å²) in [4.78, 5) is 8.69. The SMILES string of the molecule is O=S(=O)(NCc1nc2cccnc2n1C1CCCCC1)c1ccccc1F. The summed E-state index contributed by atoms with van der Waals surface area (Å²) >= 11 is 0. The predicted octanol–water partition coefficient (Wildman–Crippen LogP) is 3.55. The first kappa shape index (κ1) is 18.1. The Labute approximate surface area is 157 Å². The molecule has 1 N–H and O–H groups in total. The standard InChI is InChI=1S/C19H21FN4O2S/c20-15-9-4-5-11-17(15)27(25,26)22-13-18-23-16-10-6-12-21-19(16)24(18)14-7-2-1-3-8-14/h4-6,9-12,14,22H,1-3,7-8,13H2. The molecule has 0 unspecified atom stereocenters. The van der Waals surface area contributed by atoms with Crippen LogP contribution in [0.15, 0.2) is 47.5 Å². The van der Waals surface area contributed by atoms with Crippen molar-refractivity contribution < 1.29 is 12.8 Å². The van der Waals surface area contributed by atoms with Crippen LogP contribution in [0.5, 0.6) is 0 Å². The van der Waals surface area contributed by atoms with Crippen molar-refractivity contribution in [2.75, 3.05) is 0 Å². The highest BCUT2D eigenvalue weighted by Crippen LogP contribution is 2.32. The van der Waals surface area contributed by atoms with Crippen molar-refractivity contribution >= 4 is 21.2 Å². The van der Waals surface area contributed by atoms with Gasteiger partial charge in [0.05, 0.1) is 6.54 Å². The minimum atomic E-state index is -3.97. The highest BCUT2D eigenvalue weighted by Gasteiger charge is 2.24. The Morgan fingerprint density at radius 3 is 2.67 bits per heavy atom. The number of benzene rings is 1. The van der Waals surface area contributed by atoms with Crippen molar-refractivity contribution in [2.45, 2.75) is 49.6 Å². The molecule has 0 bridgehead atoms. The van der Waals surface area contributed by atoms with Gasteiger partial charge in [-0.15, -0.1) is 0 Å². The summed E-state index contributed by atoms with van der Waals surface area (Å²) in [5, 5.41) is 0. The Balaban J connectivity index is 1.67. The monoisotopic (exact) mass is 388 g/mol. The van der Waals surface area contributed by atoms with Gasteiger partial charge in [-0.1, -0.05) is 31.4 Å². The number of halogens is 1. The van der Waals surface area contributed by atoms with Crippen LogP contribution in [0.25, 0.3) is 11.2 Å². The first-order valence-electron chi connectivity index (χ1n) is 9.12. The summed E-state index contributed by atoms with van der Waals surface area (Å²) in [5.41, 5.74) is 1.51. The molecule has 142 valence electrons. The summed E-state index contributed by atoms with van der Waals surface area (Å²) in [6.45, 7) is -0.0104. The van der Waals surface area contributed by atoms with Gasteiger partial charge in [-0.05, 0) is 37.1 Å². The first-order valence-corrected chi connectivity index (χ1v) is 10.6. The molecule has 2 heterocycles. The summed E-state index contributed by atoms with van der Waals surface area (Å²) in [7, 11) is -3.97. The van der Waals surface area contributed by atoms with Crippen LogP contribution >= 0.6 is 0 Å². The van der Waals surface area contributed by atoms with Gasteiger partial charge in [0.1, 0.15) is 22.1 Å². The van der Waals surface area contributed by atoms with Gasteiger partial charge in [-0.25, -0.2) is 27.5 Å². The normalized spacial score (nSPS) is 16.0. The van der Waals surface area contributed by atoms with Gasteiger partial charge >= 0.3 is 0 Å². The number of nitrogens with zero attached hydrogens (tertiary/aromatic N) is 3. The molecule has 0 aliphatic heterocycles. The number of pyridine rings is 1. The fourth-order valence-electron chi connectivity index (χ4n) is 3.72. The van der Waals surface area contributed by atoms with Crippen LogP contribution in [0, 0.1) is 5.82 Å². The van der Waals surface area contributed by atoms with Crippen LogP contribution in [0.3, 0.4) is 0 Å². The topological polar surface area (TPSA) is 76.9 Å². The number of sulfonamides is 1. The smallest absolute Gasteiger partial charge is 0.243 e. The molecule has 0 radical (unpaired) electrons. The third-order valence-electron chi connectivity index (χ3n) is 5.01. The van der Waals surface area contributed by atoms with Gasteiger partial charge in [-0.2, -0.15) is 0 Å². The van der Waals surface area contributed by atoms with Crippen LogP contribution in [-0.4, -0.2) is 23.0 Å². The Hall–Kier alpha value is -2.32. The molecule has 0 atom stereocenters. The van der Waals surface area contributed by atoms with Gasteiger partial charge in [-0.3, -0.25) is 0 Å². The Bertz CT molecular complexity index is 1060. The highest BCUT2D eigenvalue weighted by molar-refractivity contribution is 7.89. The molecule has 27 heavy (non-hydrogen) atoms. The van der Waals surface area contributed by atoms with Gasteiger partial charge in [0, 0.05) is 12.2 Å². The number of hydrogen-bond donors (Lipinski definition) is 1. The quantitative estimate of drug-likeness (QED) is 0.725. The molecule has 6 nitrogen and oxygen atoms in total. The van der Waals surface area contributed by atoms with Crippen molar-refractivity contribution in [3.8, 4) is 0 Å². The number of aromatic nitrogens is 3. The Morgan fingerprint density at radius 2 is 1.89 bits per heavy atom. The molecule has 8 heteroatoms. The van der Waals surface area contributed by atoms with Crippen molar-refractivity contribution in [3.05, 3.63) is 54.2 Å². The molecule has 0 spiro atoms. The molecular formula is C19H21FN4O2S. The molecule has 3 aromatic rings. The third-order valence-corrected chi connectivity index (χ3v) is 6.44. The van der Waals surface area contributed by atoms with Gasteiger partial charge in [0.2, 0.25) is 10.0 Å². The summed E-state index contributed by atoms with van der Waals surface area (Å²) in [6.07, 6.45) is 7.25. The van der Waals surface area contributed by atoms with E-state index in [9.17, 15) is 12.8 Å².